The summed E-state index contributed by atoms with van der Waals surface area (Å²) in [6, 6.07) is 4.07. The van der Waals surface area contributed by atoms with Gasteiger partial charge in [-0.2, -0.15) is 5.10 Å². The van der Waals surface area contributed by atoms with E-state index >= 15 is 0 Å². The Morgan fingerprint density at radius 2 is 2.08 bits per heavy atom. The van der Waals surface area contributed by atoms with Crippen LogP contribution in [0.4, 0.5) is 0 Å². The minimum Gasteiger partial charge on any atom is -0.504 e. The lowest BCUT2D eigenvalue weighted by Gasteiger charge is -2.26. The lowest BCUT2D eigenvalue weighted by molar-refractivity contribution is 0.242. The van der Waals surface area contributed by atoms with Gasteiger partial charge >= 0.3 is 0 Å². The maximum Gasteiger partial charge on any atom is 0.203 e. The summed E-state index contributed by atoms with van der Waals surface area (Å²) in [6.07, 6.45) is 2.25. The van der Waals surface area contributed by atoms with Crippen molar-refractivity contribution in [3.05, 3.63) is 34.6 Å². The molecule has 0 radical (unpaired) electrons. The number of methoxy groups -OCH3 is 2. The summed E-state index contributed by atoms with van der Waals surface area (Å²) in [5.74, 6) is 1.09. The van der Waals surface area contributed by atoms with Gasteiger partial charge in [-0.3, -0.25) is 10.00 Å². The van der Waals surface area contributed by atoms with E-state index in [1.807, 2.05) is 19.1 Å². The number of aryl methyl sites for hydroxylation is 2. The quantitative estimate of drug-likeness (QED) is 0.881. The van der Waals surface area contributed by atoms with Gasteiger partial charge in [-0.15, -0.1) is 0 Å². The van der Waals surface area contributed by atoms with Gasteiger partial charge in [-0.25, -0.2) is 0 Å². The Bertz CT molecular complexity index is 707. The number of hydrogen-bond acceptors (Lipinski definition) is 5. The zero-order valence-corrected chi connectivity index (χ0v) is 14.7. The number of aromatic nitrogens is 2. The monoisotopic (exact) mass is 331 g/mol. The van der Waals surface area contributed by atoms with Crippen LogP contribution < -0.4 is 9.47 Å². The Morgan fingerprint density at radius 3 is 2.71 bits per heavy atom. The van der Waals surface area contributed by atoms with Gasteiger partial charge in [0.25, 0.3) is 0 Å². The average molecular weight is 331 g/mol. The fourth-order valence-electron chi connectivity index (χ4n) is 3.69. The maximum atomic E-state index is 10.5. The zero-order chi connectivity index (χ0) is 17.3. The first-order chi connectivity index (χ1) is 11.6. The van der Waals surface area contributed by atoms with Gasteiger partial charge < -0.3 is 14.6 Å². The number of nitrogens with one attached hydrogen (secondary N) is 1. The maximum absolute atomic E-state index is 10.5. The molecule has 2 heterocycles. The average Bonchev–Trinajstić information content (AvgIpc) is 3.15. The van der Waals surface area contributed by atoms with Crippen LogP contribution in [0, 0.1) is 13.8 Å². The molecular weight excluding hydrogens is 306 g/mol. The van der Waals surface area contributed by atoms with Crippen LogP contribution in [-0.4, -0.2) is 41.0 Å². The molecule has 3 rings (SSSR count). The van der Waals surface area contributed by atoms with E-state index in [1.165, 1.54) is 12.7 Å². The summed E-state index contributed by atoms with van der Waals surface area (Å²) < 4.78 is 10.5. The number of ether oxygens (including phenoxy) is 2. The lowest BCUT2D eigenvalue weighted by atomic mass is 10.0. The summed E-state index contributed by atoms with van der Waals surface area (Å²) in [6.45, 7) is 5.78. The first-order valence-corrected chi connectivity index (χ1v) is 8.25. The predicted octanol–water partition coefficient (Wildman–Crippen LogP) is 3.09. The Labute approximate surface area is 142 Å². The van der Waals surface area contributed by atoms with Crippen LogP contribution in [0.3, 0.4) is 0 Å². The van der Waals surface area contributed by atoms with Gasteiger partial charge in [0.05, 0.1) is 19.9 Å². The second kappa shape index (κ2) is 6.73. The van der Waals surface area contributed by atoms with Crippen molar-refractivity contribution in [2.45, 2.75) is 39.3 Å². The molecule has 0 spiro atoms. The highest BCUT2D eigenvalue weighted by atomic mass is 16.5. The summed E-state index contributed by atoms with van der Waals surface area (Å²) in [5, 5.41) is 17.9. The highest BCUT2D eigenvalue weighted by molar-refractivity contribution is 5.54. The molecule has 1 aliphatic heterocycles. The van der Waals surface area contributed by atoms with E-state index in [1.54, 1.807) is 7.11 Å². The highest BCUT2D eigenvalue weighted by Gasteiger charge is 2.30. The number of hydrogen-bond donors (Lipinski definition) is 2. The van der Waals surface area contributed by atoms with E-state index in [0.717, 1.165) is 36.3 Å². The minimum atomic E-state index is 0.156. The van der Waals surface area contributed by atoms with Crippen LogP contribution in [-0.2, 0) is 6.54 Å². The second-order valence-electron chi connectivity index (χ2n) is 6.28. The molecule has 6 nitrogen and oxygen atoms in total. The Kier molecular flexibility index (Phi) is 4.66. The number of phenols is 1. The molecule has 24 heavy (non-hydrogen) atoms. The van der Waals surface area contributed by atoms with Crippen LogP contribution in [0.25, 0.3) is 0 Å². The van der Waals surface area contributed by atoms with E-state index in [9.17, 15) is 5.11 Å². The summed E-state index contributed by atoms with van der Waals surface area (Å²) in [4.78, 5) is 2.39. The van der Waals surface area contributed by atoms with E-state index in [4.69, 9.17) is 9.47 Å². The van der Waals surface area contributed by atoms with E-state index in [-0.39, 0.29) is 5.75 Å². The number of aromatic hydroxyl groups is 1. The molecule has 1 atom stereocenters. The minimum absolute atomic E-state index is 0.156. The van der Waals surface area contributed by atoms with Crippen LogP contribution >= 0.6 is 0 Å². The Morgan fingerprint density at radius 1 is 1.29 bits per heavy atom. The molecular formula is C18H25N3O3. The molecule has 1 fully saturated rings. The number of benzene rings is 1. The van der Waals surface area contributed by atoms with Crippen LogP contribution in [0.15, 0.2) is 12.1 Å². The molecule has 0 amide bonds. The van der Waals surface area contributed by atoms with Gasteiger partial charge in [0.2, 0.25) is 5.75 Å². The first-order valence-electron chi connectivity index (χ1n) is 8.25. The van der Waals surface area contributed by atoms with Crippen LogP contribution in [0.1, 0.15) is 41.4 Å². The molecule has 0 aliphatic carbocycles. The van der Waals surface area contributed by atoms with Crippen molar-refractivity contribution in [3.63, 3.8) is 0 Å². The topological polar surface area (TPSA) is 70.6 Å². The molecule has 1 aromatic carbocycles. The number of phenolic OH excluding ortho intramolecular Hbond substituents is 1. The molecule has 1 aliphatic rings. The third kappa shape index (κ3) is 2.82. The van der Waals surface area contributed by atoms with Crippen molar-refractivity contribution in [2.24, 2.45) is 0 Å². The first kappa shape index (κ1) is 16.6. The normalized spacial score (nSPS) is 18.1. The number of likely N-dealkylation sites (tertiary alicyclic amines) is 1. The number of rotatable bonds is 5. The fraction of sp³-hybridized carbons (Fsp3) is 0.500. The third-order valence-corrected chi connectivity index (χ3v) is 4.86. The second-order valence-corrected chi connectivity index (χ2v) is 6.28. The molecule has 130 valence electrons. The van der Waals surface area contributed by atoms with E-state index in [0.29, 0.717) is 24.1 Å². The van der Waals surface area contributed by atoms with Gasteiger partial charge in [-0.05, 0) is 39.3 Å². The van der Waals surface area contributed by atoms with Crippen molar-refractivity contribution in [1.82, 2.24) is 15.1 Å². The third-order valence-electron chi connectivity index (χ3n) is 4.86. The molecule has 6 heteroatoms. The highest BCUT2D eigenvalue weighted by Crippen LogP contribution is 2.42. The summed E-state index contributed by atoms with van der Waals surface area (Å²) in [5.41, 5.74) is 4.31. The van der Waals surface area contributed by atoms with Crippen molar-refractivity contribution >= 4 is 0 Å². The summed E-state index contributed by atoms with van der Waals surface area (Å²) in [7, 11) is 3.11. The smallest absolute Gasteiger partial charge is 0.203 e. The number of H-pyrrole nitrogens is 1. The fourth-order valence-corrected chi connectivity index (χ4v) is 3.69. The lowest BCUT2D eigenvalue weighted by Crippen LogP contribution is -2.23. The van der Waals surface area contributed by atoms with Crippen LogP contribution in [0.2, 0.25) is 0 Å². The molecule has 1 aromatic heterocycles. The molecule has 0 bridgehead atoms. The largest absolute Gasteiger partial charge is 0.504 e. The Balaban J connectivity index is 1.88. The SMILES string of the molecule is COc1ccc(CN2CCCC2c2c(C)n[nH]c2C)c(O)c1OC. The van der Waals surface area contributed by atoms with Gasteiger partial charge in [-0.1, -0.05) is 6.07 Å². The van der Waals surface area contributed by atoms with Gasteiger partial charge in [0.1, 0.15) is 0 Å². The van der Waals surface area contributed by atoms with E-state index in [2.05, 4.69) is 22.0 Å². The van der Waals surface area contributed by atoms with Crippen molar-refractivity contribution in [1.29, 1.82) is 0 Å². The number of nitrogens with zero attached hydrogens (tertiary/aromatic N) is 2. The number of aromatic amines is 1. The Hall–Kier alpha value is -2.21. The molecule has 2 N–H and O–H groups in total. The van der Waals surface area contributed by atoms with E-state index < -0.39 is 0 Å². The molecule has 1 saturated heterocycles. The summed E-state index contributed by atoms with van der Waals surface area (Å²) >= 11 is 0. The van der Waals surface area contributed by atoms with Crippen molar-refractivity contribution in [2.75, 3.05) is 20.8 Å². The standard InChI is InChI=1S/C18H25N3O3/c1-11-16(12(2)20-19-11)14-6-5-9-21(14)10-13-7-8-15(23-3)18(24-4)17(13)22/h7-8,14,22H,5-6,9-10H2,1-4H3,(H,19,20). The van der Waals surface area contributed by atoms with Crippen molar-refractivity contribution < 1.29 is 14.6 Å². The van der Waals surface area contributed by atoms with Gasteiger partial charge in [0.15, 0.2) is 11.5 Å². The van der Waals surface area contributed by atoms with Gasteiger partial charge in [0, 0.05) is 29.4 Å². The molecule has 2 aromatic rings. The molecule has 0 saturated carbocycles. The van der Waals surface area contributed by atoms with Crippen LogP contribution in [0.5, 0.6) is 17.2 Å². The predicted molar refractivity (Wildman–Crippen MR) is 91.7 cm³/mol. The zero-order valence-electron chi connectivity index (χ0n) is 14.7. The van der Waals surface area contributed by atoms with Crippen molar-refractivity contribution in [3.8, 4) is 17.2 Å². The molecule has 1 unspecified atom stereocenters.